The van der Waals surface area contributed by atoms with Crippen LogP contribution in [0.4, 0.5) is 13.2 Å². The molecule has 5 nitrogen and oxygen atoms in total. The molecule has 4 rings (SSSR count). The Balaban J connectivity index is 1.45. The standard InChI is InChI=1S/C21H21F3N4O/c1-2-13-4-3-5-16-18(13)26-27-19(16)14-8-10-28(11-9-14)20(29)17-7-6-15(12-25-17)21(22,23)24/h3-7,12,14H,2,8-11H2,1H3,(H,26,27). The molecule has 0 unspecified atom stereocenters. The van der Waals surface area contributed by atoms with Crippen LogP contribution in [0.3, 0.4) is 0 Å². The van der Waals surface area contributed by atoms with Crippen LogP contribution in [0.1, 0.15) is 53.0 Å². The molecule has 29 heavy (non-hydrogen) atoms. The summed E-state index contributed by atoms with van der Waals surface area (Å²) >= 11 is 0. The van der Waals surface area contributed by atoms with Crippen LogP contribution in [0, 0.1) is 0 Å². The van der Waals surface area contributed by atoms with E-state index < -0.39 is 11.7 Å². The number of pyridine rings is 1. The smallest absolute Gasteiger partial charge is 0.337 e. The quantitative estimate of drug-likeness (QED) is 0.699. The third-order valence-electron chi connectivity index (χ3n) is 5.58. The number of carbonyl (C=O) groups is 1. The van der Waals surface area contributed by atoms with Gasteiger partial charge in [-0.1, -0.05) is 25.1 Å². The van der Waals surface area contributed by atoms with E-state index in [4.69, 9.17) is 0 Å². The minimum atomic E-state index is -4.46. The molecule has 0 saturated carbocycles. The lowest BCUT2D eigenvalue weighted by atomic mass is 9.91. The molecule has 3 heterocycles. The van der Waals surface area contributed by atoms with Crippen LogP contribution in [-0.4, -0.2) is 39.1 Å². The zero-order chi connectivity index (χ0) is 20.6. The lowest BCUT2D eigenvalue weighted by molar-refractivity contribution is -0.137. The maximum absolute atomic E-state index is 12.7. The summed E-state index contributed by atoms with van der Waals surface area (Å²) in [7, 11) is 0. The second-order valence-electron chi connectivity index (χ2n) is 7.30. The molecule has 1 N–H and O–H groups in total. The number of nitrogens with zero attached hydrogens (tertiary/aromatic N) is 3. The topological polar surface area (TPSA) is 61.9 Å². The van der Waals surface area contributed by atoms with E-state index in [1.807, 2.05) is 6.07 Å². The van der Waals surface area contributed by atoms with E-state index >= 15 is 0 Å². The number of amides is 1. The monoisotopic (exact) mass is 402 g/mol. The summed E-state index contributed by atoms with van der Waals surface area (Å²) in [6.07, 6.45) is -1.31. The van der Waals surface area contributed by atoms with E-state index in [1.165, 1.54) is 5.56 Å². The van der Waals surface area contributed by atoms with Crippen molar-refractivity contribution in [2.24, 2.45) is 0 Å². The van der Waals surface area contributed by atoms with Gasteiger partial charge in [0.05, 0.1) is 11.1 Å². The van der Waals surface area contributed by atoms with Crippen molar-refractivity contribution in [1.82, 2.24) is 20.1 Å². The molecule has 3 aromatic rings. The number of halogens is 3. The SMILES string of the molecule is CCc1cccc2c(C3CCN(C(=O)c4ccc(C(F)(F)F)cn4)CC3)[nH]nc12. The zero-order valence-corrected chi connectivity index (χ0v) is 16.0. The Morgan fingerprint density at radius 3 is 2.59 bits per heavy atom. The van der Waals surface area contributed by atoms with E-state index in [2.05, 4.69) is 34.2 Å². The summed E-state index contributed by atoms with van der Waals surface area (Å²) in [5.74, 6) is -0.0726. The molecule has 0 spiro atoms. The van der Waals surface area contributed by atoms with Crippen LogP contribution >= 0.6 is 0 Å². The van der Waals surface area contributed by atoms with Gasteiger partial charge in [-0.3, -0.25) is 14.9 Å². The Hall–Kier alpha value is -2.90. The summed E-state index contributed by atoms with van der Waals surface area (Å²) in [5, 5.41) is 8.79. The summed E-state index contributed by atoms with van der Waals surface area (Å²) in [6, 6.07) is 8.22. The molecule has 1 fully saturated rings. The van der Waals surface area contributed by atoms with Gasteiger partial charge in [-0.2, -0.15) is 18.3 Å². The lowest BCUT2D eigenvalue weighted by Gasteiger charge is -2.31. The summed E-state index contributed by atoms with van der Waals surface area (Å²) < 4.78 is 38.0. The number of aromatic amines is 1. The highest BCUT2D eigenvalue weighted by molar-refractivity contribution is 5.92. The second-order valence-corrected chi connectivity index (χ2v) is 7.30. The van der Waals surface area contributed by atoms with Crippen molar-refractivity contribution in [1.29, 1.82) is 0 Å². The van der Waals surface area contributed by atoms with Crippen LogP contribution < -0.4 is 0 Å². The Kier molecular flexibility index (Phi) is 5.02. The number of aromatic nitrogens is 3. The first-order valence-electron chi connectivity index (χ1n) is 9.67. The number of nitrogens with one attached hydrogen (secondary N) is 1. The van der Waals surface area contributed by atoms with Gasteiger partial charge in [0.15, 0.2) is 0 Å². The number of rotatable bonds is 3. The number of benzene rings is 1. The van der Waals surface area contributed by atoms with Crippen LogP contribution in [0.15, 0.2) is 36.5 Å². The molecule has 0 atom stereocenters. The van der Waals surface area contributed by atoms with Crippen molar-refractivity contribution in [3.05, 3.63) is 59.0 Å². The third-order valence-corrected chi connectivity index (χ3v) is 5.58. The number of hydrogen-bond acceptors (Lipinski definition) is 3. The fourth-order valence-electron chi connectivity index (χ4n) is 3.93. The van der Waals surface area contributed by atoms with E-state index in [0.29, 0.717) is 19.3 Å². The maximum atomic E-state index is 12.7. The lowest BCUT2D eigenvalue weighted by Crippen LogP contribution is -2.38. The van der Waals surface area contributed by atoms with Gasteiger partial charge in [-0.25, -0.2) is 0 Å². The second kappa shape index (κ2) is 7.50. The summed E-state index contributed by atoms with van der Waals surface area (Å²) in [6.45, 7) is 3.16. The third kappa shape index (κ3) is 3.71. The van der Waals surface area contributed by atoms with Crippen LogP contribution in [0.25, 0.3) is 10.9 Å². The zero-order valence-electron chi connectivity index (χ0n) is 16.0. The van der Waals surface area contributed by atoms with Crippen molar-refractivity contribution >= 4 is 16.8 Å². The average Bonchev–Trinajstić information content (AvgIpc) is 3.17. The maximum Gasteiger partial charge on any atom is 0.417 e. The van der Waals surface area contributed by atoms with Gasteiger partial charge in [0.25, 0.3) is 5.91 Å². The normalized spacial score (nSPS) is 15.8. The minimum absolute atomic E-state index is 0.0380. The molecule has 2 aromatic heterocycles. The van der Waals surface area contributed by atoms with E-state index in [0.717, 1.165) is 48.0 Å². The number of fused-ring (bicyclic) bond motifs is 1. The Morgan fingerprint density at radius 1 is 1.21 bits per heavy atom. The molecule has 1 aliphatic heterocycles. The van der Waals surface area contributed by atoms with Crippen molar-refractivity contribution in [2.45, 2.75) is 38.3 Å². The molecule has 152 valence electrons. The highest BCUT2D eigenvalue weighted by Gasteiger charge is 2.32. The molecule has 1 aromatic carbocycles. The van der Waals surface area contributed by atoms with Gasteiger partial charge in [-0.15, -0.1) is 0 Å². The highest BCUT2D eigenvalue weighted by atomic mass is 19.4. The predicted molar refractivity (Wildman–Crippen MR) is 103 cm³/mol. The molecule has 0 bridgehead atoms. The number of carbonyl (C=O) groups excluding carboxylic acids is 1. The molecule has 0 aliphatic carbocycles. The van der Waals surface area contributed by atoms with Crippen LogP contribution in [0.2, 0.25) is 0 Å². The molecular weight excluding hydrogens is 381 g/mol. The predicted octanol–water partition coefficient (Wildman–Crippen LogP) is 4.56. The van der Waals surface area contributed by atoms with Crippen molar-refractivity contribution in [3.8, 4) is 0 Å². The number of piperidine rings is 1. The number of alkyl halides is 3. The van der Waals surface area contributed by atoms with Crippen LogP contribution in [0.5, 0.6) is 0 Å². The van der Waals surface area contributed by atoms with E-state index in [-0.39, 0.29) is 17.5 Å². The van der Waals surface area contributed by atoms with Gasteiger partial charge >= 0.3 is 6.18 Å². The number of H-pyrrole nitrogens is 1. The minimum Gasteiger partial charge on any atom is -0.337 e. The van der Waals surface area contributed by atoms with Gasteiger partial charge in [0.1, 0.15) is 5.69 Å². The Labute approximate surface area is 165 Å². The fourth-order valence-corrected chi connectivity index (χ4v) is 3.93. The van der Waals surface area contributed by atoms with Crippen molar-refractivity contribution < 1.29 is 18.0 Å². The molecular formula is C21H21F3N4O. The number of aryl methyl sites for hydroxylation is 1. The van der Waals surface area contributed by atoms with Crippen molar-refractivity contribution in [3.63, 3.8) is 0 Å². The largest absolute Gasteiger partial charge is 0.417 e. The highest BCUT2D eigenvalue weighted by Crippen LogP contribution is 2.33. The molecule has 1 saturated heterocycles. The molecule has 1 aliphatic rings. The van der Waals surface area contributed by atoms with Gasteiger partial charge in [0, 0.05) is 36.3 Å². The fraction of sp³-hybridized carbons (Fsp3) is 0.381. The first-order valence-corrected chi connectivity index (χ1v) is 9.67. The molecule has 1 amide bonds. The number of likely N-dealkylation sites (tertiary alicyclic amines) is 1. The number of hydrogen-bond donors (Lipinski definition) is 1. The first kappa shape index (κ1) is 19.4. The Bertz CT molecular complexity index is 1020. The van der Waals surface area contributed by atoms with Gasteiger partial charge in [-0.05, 0) is 37.0 Å². The van der Waals surface area contributed by atoms with Gasteiger partial charge in [0.2, 0.25) is 0 Å². The molecule has 8 heteroatoms. The van der Waals surface area contributed by atoms with Crippen LogP contribution in [-0.2, 0) is 12.6 Å². The first-order chi connectivity index (χ1) is 13.9. The van der Waals surface area contributed by atoms with E-state index in [1.54, 1.807) is 4.90 Å². The Morgan fingerprint density at radius 2 is 1.97 bits per heavy atom. The van der Waals surface area contributed by atoms with Gasteiger partial charge < -0.3 is 4.90 Å². The number of para-hydroxylation sites is 1. The van der Waals surface area contributed by atoms with E-state index in [9.17, 15) is 18.0 Å². The average molecular weight is 402 g/mol. The molecule has 0 radical (unpaired) electrons. The summed E-state index contributed by atoms with van der Waals surface area (Å²) in [4.78, 5) is 18.0. The van der Waals surface area contributed by atoms with Crippen molar-refractivity contribution in [2.75, 3.05) is 13.1 Å². The summed E-state index contributed by atoms with van der Waals surface area (Å²) in [5.41, 5.74) is 2.47.